The minimum absolute atomic E-state index is 0.0374. The van der Waals surface area contributed by atoms with Crippen molar-refractivity contribution < 1.29 is 29.0 Å². The highest BCUT2D eigenvalue weighted by Gasteiger charge is 2.58. The number of carbonyl (C=O) groups excluding carboxylic acids is 4. The Kier molecular flexibility index (Phi) is 5.94. The van der Waals surface area contributed by atoms with Crippen LogP contribution in [0.25, 0.3) is 0 Å². The molecule has 3 amide bonds. The van der Waals surface area contributed by atoms with Crippen molar-refractivity contribution in [2.24, 2.45) is 11.8 Å². The number of aromatic hydroxyl groups is 1. The van der Waals surface area contributed by atoms with Crippen molar-refractivity contribution in [1.82, 2.24) is 9.80 Å². The van der Waals surface area contributed by atoms with Gasteiger partial charge in [0.15, 0.2) is 0 Å². The average molecular weight is 492 g/mol. The predicted octanol–water partition coefficient (Wildman–Crippen LogP) is 2.79. The maximum atomic E-state index is 14.0. The van der Waals surface area contributed by atoms with Crippen molar-refractivity contribution in [3.05, 3.63) is 59.2 Å². The fourth-order valence-corrected chi connectivity index (χ4v) is 5.54. The molecular formula is C27H29N3O6. The number of carbonyl (C=O) groups is 4. The van der Waals surface area contributed by atoms with Crippen molar-refractivity contribution in [2.75, 3.05) is 12.4 Å². The van der Waals surface area contributed by atoms with Crippen molar-refractivity contribution in [1.29, 1.82) is 0 Å². The molecule has 2 aromatic carbocycles. The highest BCUT2D eigenvalue weighted by atomic mass is 16.5. The van der Waals surface area contributed by atoms with Gasteiger partial charge in [-0.2, -0.15) is 0 Å². The summed E-state index contributed by atoms with van der Waals surface area (Å²) in [5.41, 5.74) is 1.75. The largest absolute Gasteiger partial charge is 0.506 e. The van der Waals surface area contributed by atoms with Gasteiger partial charge in [0, 0.05) is 18.2 Å². The maximum Gasteiger partial charge on any atom is 0.337 e. The van der Waals surface area contributed by atoms with Crippen LogP contribution in [0.3, 0.4) is 0 Å². The van der Waals surface area contributed by atoms with Gasteiger partial charge in [-0.25, -0.2) is 4.79 Å². The third-order valence-electron chi connectivity index (χ3n) is 7.41. The number of anilines is 1. The van der Waals surface area contributed by atoms with Crippen LogP contribution in [0.1, 0.15) is 53.0 Å². The SMILES string of the molecule is COC(=O)c1ccc(O)c(NC(=O)[C@H]2C[C@H]3C[C@H]3N2C(=O)[C@H](C(C)C)N2Cc3ccccc3C2=O)c1. The number of phenolic OH excluding ortho intramolecular Hbond substituents is 1. The standard InChI is InChI=1S/C27H29N3O6/c1-14(2)23(29-13-16-6-4-5-7-18(16)25(29)33)26(34)30-20-11-17(20)12-21(30)24(32)28-19-10-15(27(35)36-3)8-9-22(19)31/h4-10,14,17,20-21,23,31H,11-13H2,1-3H3,(H,28,32)/t17-,20-,21-,23+/m1/s1. The monoisotopic (exact) mass is 491 g/mol. The van der Waals surface area contributed by atoms with Gasteiger partial charge in [0.2, 0.25) is 11.8 Å². The summed E-state index contributed by atoms with van der Waals surface area (Å²) in [5.74, 6) is -1.56. The Bertz CT molecular complexity index is 1260. The molecule has 0 bridgehead atoms. The second kappa shape index (κ2) is 8.96. The van der Waals surface area contributed by atoms with Crippen LogP contribution in [0.2, 0.25) is 0 Å². The van der Waals surface area contributed by atoms with E-state index in [2.05, 4.69) is 5.32 Å². The summed E-state index contributed by atoms with van der Waals surface area (Å²) in [6.45, 7) is 4.17. The maximum absolute atomic E-state index is 14.0. The molecule has 2 fully saturated rings. The Labute approximate surface area is 209 Å². The molecule has 9 nitrogen and oxygen atoms in total. The summed E-state index contributed by atoms with van der Waals surface area (Å²) in [6.07, 6.45) is 1.34. The van der Waals surface area contributed by atoms with E-state index in [1.165, 1.54) is 25.3 Å². The van der Waals surface area contributed by atoms with Gasteiger partial charge < -0.3 is 25.0 Å². The predicted molar refractivity (Wildman–Crippen MR) is 130 cm³/mol. The number of likely N-dealkylation sites (tertiary alicyclic amines) is 1. The summed E-state index contributed by atoms with van der Waals surface area (Å²) in [6, 6.07) is 9.94. The molecule has 2 aliphatic heterocycles. The molecule has 0 spiro atoms. The molecule has 0 unspecified atom stereocenters. The molecule has 1 aliphatic carbocycles. The number of ether oxygens (including phenoxy) is 1. The average Bonchev–Trinajstić information content (AvgIpc) is 3.40. The van der Waals surface area contributed by atoms with E-state index in [0.717, 1.165) is 12.0 Å². The third-order valence-corrected chi connectivity index (χ3v) is 7.41. The van der Waals surface area contributed by atoms with Gasteiger partial charge in [-0.3, -0.25) is 14.4 Å². The van der Waals surface area contributed by atoms with Crippen molar-refractivity contribution in [3.8, 4) is 5.75 Å². The highest BCUT2D eigenvalue weighted by molar-refractivity contribution is 6.03. The summed E-state index contributed by atoms with van der Waals surface area (Å²) in [5, 5.41) is 12.9. The van der Waals surface area contributed by atoms with Crippen LogP contribution in [0.4, 0.5) is 5.69 Å². The molecule has 2 heterocycles. The lowest BCUT2D eigenvalue weighted by Gasteiger charge is -2.36. The smallest absolute Gasteiger partial charge is 0.337 e. The molecule has 1 saturated carbocycles. The van der Waals surface area contributed by atoms with E-state index >= 15 is 0 Å². The van der Waals surface area contributed by atoms with Crippen LogP contribution < -0.4 is 5.32 Å². The number of phenols is 1. The van der Waals surface area contributed by atoms with Gasteiger partial charge >= 0.3 is 5.97 Å². The van der Waals surface area contributed by atoms with Gasteiger partial charge in [0.05, 0.1) is 18.4 Å². The van der Waals surface area contributed by atoms with Gasteiger partial charge in [-0.05, 0) is 54.5 Å². The zero-order valence-electron chi connectivity index (χ0n) is 20.4. The first-order valence-electron chi connectivity index (χ1n) is 12.1. The van der Waals surface area contributed by atoms with Crippen molar-refractivity contribution in [3.63, 3.8) is 0 Å². The Hall–Kier alpha value is -3.88. The summed E-state index contributed by atoms with van der Waals surface area (Å²) >= 11 is 0. The quantitative estimate of drug-likeness (QED) is 0.474. The zero-order valence-corrected chi connectivity index (χ0v) is 20.4. The lowest BCUT2D eigenvalue weighted by atomic mass is 9.99. The van der Waals surface area contributed by atoms with E-state index < -0.39 is 24.0 Å². The fourth-order valence-electron chi connectivity index (χ4n) is 5.54. The Morgan fingerprint density at radius 3 is 2.56 bits per heavy atom. The number of amides is 3. The Morgan fingerprint density at radius 2 is 1.86 bits per heavy atom. The number of methoxy groups -OCH3 is 1. The number of piperidine rings is 1. The van der Waals surface area contributed by atoms with Crippen LogP contribution in [0.15, 0.2) is 42.5 Å². The van der Waals surface area contributed by atoms with Gasteiger partial charge in [-0.1, -0.05) is 32.0 Å². The van der Waals surface area contributed by atoms with Crippen LogP contribution >= 0.6 is 0 Å². The van der Waals surface area contributed by atoms with Gasteiger partial charge in [-0.15, -0.1) is 0 Å². The topological polar surface area (TPSA) is 116 Å². The van der Waals surface area contributed by atoms with E-state index in [9.17, 15) is 24.3 Å². The number of nitrogens with one attached hydrogen (secondary N) is 1. The first kappa shape index (κ1) is 23.8. The number of nitrogens with zero attached hydrogens (tertiary/aromatic N) is 2. The minimum Gasteiger partial charge on any atom is -0.506 e. The van der Waals surface area contributed by atoms with Crippen LogP contribution in [0.5, 0.6) is 5.75 Å². The highest BCUT2D eigenvalue weighted by Crippen LogP contribution is 2.49. The molecular weight excluding hydrogens is 462 g/mol. The number of benzene rings is 2. The lowest BCUT2D eigenvalue weighted by Crippen LogP contribution is -2.55. The molecule has 2 aromatic rings. The normalized spacial score (nSPS) is 22.8. The van der Waals surface area contributed by atoms with Crippen LogP contribution in [-0.2, 0) is 20.9 Å². The van der Waals surface area contributed by atoms with Crippen molar-refractivity contribution in [2.45, 2.75) is 51.4 Å². The number of hydrogen-bond acceptors (Lipinski definition) is 6. The summed E-state index contributed by atoms with van der Waals surface area (Å²) < 4.78 is 4.72. The van der Waals surface area contributed by atoms with Crippen LogP contribution in [-0.4, -0.2) is 63.8 Å². The number of hydrogen-bond donors (Lipinski definition) is 2. The van der Waals surface area contributed by atoms with E-state index in [1.54, 1.807) is 15.9 Å². The Morgan fingerprint density at radius 1 is 1.11 bits per heavy atom. The Balaban J connectivity index is 1.38. The molecule has 5 rings (SSSR count). The van der Waals surface area contributed by atoms with Crippen molar-refractivity contribution >= 4 is 29.4 Å². The number of esters is 1. The molecule has 1 saturated heterocycles. The zero-order chi connectivity index (χ0) is 25.7. The fraction of sp³-hybridized carbons (Fsp3) is 0.407. The first-order valence-corrected chi connectivity index (χ1v) is 12.1. The minimum atomic E-state index is -0.733. The lowest BCUT2D eigenvalue weighted by molar-refractivity contribution is -0.143. The molecule has 188 valence electrons. The molecule has 9 heteroatoms. The molecule has 3 aliphatic rings. The second-order valence-corrected chi connectivity index (χ2v) is 10.1. The van der Waals surface area contributed by atoms with E-state index in [1.807, 2.05) is 32.0 Å². The van der Waals surface area contributed by atoms with Gasteiger partial charge in [0.25, 0.3) is 5.91 Å². The third kappa shape index (κ3) is 3.98. The van der Waals surface area contributed by atoms with E-state index in [0.29, 0.717) is 18.5 Å². The number of rotatable bonds is 6. The molecule has 4 atom stereocenters. The summed E-state index contributed by atoms with van der Waals surface area (Å²) in [4.78, 5) is 55.6. The molecule has 0 aromatic heterocycles. The van der Waals surface area contributed by atoms with Gasteiger partial charge in [0.1, 0.15) is 17.8 Å². The number of fused-ring (bicyclic) bond motifs is 2. The molecule has 0 radical (unpaired) electrons. The van der Waals surface area contributed by atoms with E-state index in [4.69, 9.17) is 4.74 Å². The second-order valence-electron chi connectivity index (χ2n) is 10.1. The molecule has 2 N–H and O–H groups in total. The first-order chi connectivity index (χ1) is 17.2. The molecule has 36 heavy (non-hydrogen) atoms. The van der Waals surface area contributed by atoms with E-state index in [-0.39, 0.29) is 46.7 Å². The van der Waals surface area contributed by atoms with Crippen LogP contribution in [0, 0.1) is 11.8 Å². The summed E-state index contributed by atoms with van der Waals surface area (Å²) in [7, 11) is 1.25.